The largest absolute Gasteiger partial charge is 0.393 e. The Morgan fingerprint density at radius 2 is 1.88 bits per heavy atom. The lowest BCUT2D eigenvalue weighted by Crippen LogP contribution is -2.42. The lowest BCUT2D eigenvalue weighted by atomic mass is 9.61. The molecule has 0 aliphatic heterocycles. The smallest absolute Gasteiger partial charge is 0.0583 e. The van der Waals surface area contributed by atoms with Crippen molar-refractivity contribution in [2.75, 3.05) is 0 Å². The van der Waals surface area contributed by atoms with Gasteiger partial charge in [0.25, 0.3) is 0 Å². The van der Waals surface area contributed by atoms with Crippen LogP contribution < -0.4 is 0 Å². The van der Waals surface area contributed by atoms with E-state index in [1.807, 2.05) is 6.92 Å². The summed E-state index contributed by atoms with van der Waals surface area (Å²) in [7, 11) is 0. The lowest BCUT2D eigenvalue weighted by molar-refractivity contribution is -0.0110. The highest BCUT2D eigenvalue weighted by Crippen LogP contribution is 2.58. The topological polar surface area (TPSA) is 60.7 Å². The Hall–Kier alpha value is -0.900. The van der Waals surface area contributed by atoms with Gasteiger partial charge >= 0.3 is 0 Å². The summed E-state index contributed by atoms with van der Waals surface area (Å²) in [4.78, 5) is 0. The maximum absolute atomic E-state index is 10.4. The van der Waals surface area contributed by atoms with Crippen LogP contribution in [0.1, 0.15) is 58.8 Å². The second-order valence-corrected chi connectivity index (χ2v) is 8.48. The van der Waals surface area contributed by atoms with Gasteiger partial charge in [0.05, 0.1) is 18.3 Å². The maximum Gasteiger partial charge on any atom is 0.0583 e. The monoisotopic (exact) mass is 332 g/mol. The molecule has 3 nitrogen and oxygen atoms in total. The molecule has 0 aromatic heterocycles. The van der Waals surface area contributed by atoms with Crippen molar-refractivity contribution < 1.29 is 15.3 Å². The summed E-state index contributed by atoms with van der Waals surface area (Å²) in [5.41, 5.74) is 3.57. The quantitative estimate of drug-likeness (QED) is 0.725. The molecule has 0 radical (unpaired) electrons. The molecular weight excluding hydrogens is 300 g/mol. The molecule has 0 aromatic rings. The summed E-state index contributed by atoms with van der Waals surface area (Å²) in [6.45, 7) is 8.26. The van der Waals surface area contributed by atoms with Crippen LogP contribution in [0.5, 0.6) is 0 Å². The van der Waals surface area contributed by atoms with Crippen molar-refractivity contribution in [1.29, 1.82) is 0 Å². The molecule has 3 fully saturated rings. The molecule has 0 spiro atoms. The Balaban J connectivity index is 1.86. The van der Waals surface area contributed by atoms with Crippen LogP contribution in [0.3, 0.4) is 0 Å². The Morgan fingerprint density at radius 3 is 2.58 bits per heavy atom. The van der Waals surface area contributed by atoms with Crippen molar-refractivity contribution in [1.82, 2.24) is 0 Å². The third kappa shape index (κ3) is 3.26. The van der Waals surface area contributed by atoms with E-state index in [-0.39, 0.29) is 29.6 Å². The van der Waals surface area contributed by atoms with Gasteiger partial charge in [-0.1, -0.05) is 36.8 Å². The van der Waals surface area contributed by atoms with E-state index < -0.39 is 0 Å². The molecule has 3 saturated carbocycles. The molecular formula is C21H32O3. The van der Waals surface area contributed by atoms with Crippen LogP contribution in [-0.2, 0) is 0 Å². The summed E-state index contributed by atoms with van der Waals surface area (Å²) in [6.07, 6.45) is 9.39. The standard InChI is InChI=1S/C21H32O3/c1-13-4-7-17(23)10-15(13)5-6-16-11-18(24)12-21(3)19(14(2)22)8-9-20(16)21/h5-6,14,17-20,22-24H,1,4,7-12H2,2-3H3/b15-5-,16-6+/t14-,17-,18-,19-,20+,21-/m1/s1. The summed E-state index contributed by atoms with van der Waals surface area (Å²) >= 11 is 0. The van der Waals surface area contributed by atoms with E-state index in [4.69, 9.17) is 0 Å². The highest BCUT2D eigenvalue weighted by Gasteiger charge is 2.52. The van der Waals surface area contributed by atoms with E-state index in [9.17, 15) is 15.3 Å². The average Bonchev–Trinajstić information content (AvgIpc) is 2.84. The molecule has 0 unspecified atom stereocenters. The van der Waals surface area contributed by atoms with Gasteiger partial charge in [0.15, 0.2) is 0 Å². The van der Waals surface area contributed by atoms with E-state index in [0.717, 1.165) is 49.7 Å². The zero-order chi connectivity index (χ0) is 17.5. The van der Waals surface area contributed by atoms with Crippen molar-refractivity contribution >= 4 is 0 Å². The molecule has 0 amide bonds. The van der Waals surface area contributed by atoms with E-state index in [2.05, 4.69) is 25.7 Å². The van der Waals surface area contributed by atoms with Gasteiger partial charge in [-0.15, -0.1) is 0 Å². The molecule has 0 saturated heterocycles. The summed E-state index contributed by atoms with van der Waals surface area (Å²) < 4.78 is 0. The van der Waals surface area contributed by atoms with Crippen LogP contribution in [0.4, 0.5) is 0 Å². The van der Waals surface area contributed by atoms with Crippen LogP contribution in [0.15, 0.2) is 35.5 Å². The van der Waals surface area contributed by atoms with Crippen LogP contribution in [0, 0.1) is 17.3 Å². The average molecular weight is 332 g/mol. The van der Waals surface area contributed by atoms with E-state index >= 15 is 0 Å². The SMILES string of the molecule is C=C1CC[C@@H](O)C/C1=C/C=C1\C[C@@H](O)C[C@]2(C)[C@@H]([C@@H](C)O)CC[C@@H]12. The highest BCUT2D eigenvalue weighted by atomic mass is 16.3. The molecule has 24 heavy (non-hydrogen) atoms. The van der Waals surface area contributed by atoms with Gasteiger partial charge in [0.2, 0.25) is 0 Å². The molecule has 6 atom stereocenters. The fraction of sp³-hybridized carbons (Fsp3) is 0.714. The van der Waals surface area contributed by atoms with Crippen LogP contribution in [-0.4, -0.2) is 33.6 Å². The van der Waals surface area contributed by atoms with Crippen LogP contribution >= 0.6 is 0 Å². The number of aliphatic hydroxyl groups excluding tert-OH is 3. The fourth-order valence-corrected chi connectivity index (χ4v) is 5.53. The molecule has 134 valence electrons. The van der Waals surface area contributed by atoms with Crippen molar-refractivity contribution in [2.45, 2.75) is 77.1 Å². The Bertz CT molecular complexity index is 559. The summed E-state index contributed by atoms with van der Waals surface area (Å²) in [6, 6.07) is 0. The van der Waals surface area contributed by atoms with Gasteiger partial charge in [-0.3, -0.25) is 0 Å². The molecule has 3 heteroatoms. The van der Waals surface area contributed by atoms with Gasteiger partial charge in [-0.25, -0.2) is 0 Å². The van der Waals surface area contributed by atoms with Gasteiger partial charge in [-0.2, -0.15) is 0 Å². The molecule has 0 heterocycles. The fourth-order valence-electron chi connectivity index (χ4n) is 5.53. The first-order valence-corrected chi connectivity index (χ1v) is 9.43. The molecule has 3 aliphatic carbocycles. The predicted molar refractivity (Wildman–Crippen MR) is 96.4 cm³/mol. The normalized spacial score (nSPS) is 44.8. The minimum absolute atomic E-state index is 0.0146. The Morgan fingerprint density at radius 1 is 1.12 bits per heavy atom. The number of rotatable bonds is 2. The van der Waals surface area contributed by atoms with Crippen LogP contribution in [0.2, 0.25) is 0 Å². The van der Waals surface area contributed by atoms with Crippen molar-refractivity contribution in [3.05, 3.63) is 35.5 Å². The molecule has 0 aromatic carbocycles. The second-order valence-electron chi connectivity index (χ2n) is 8.48. The molecule has 3 rings (SSSR count). The van der Waals surface area contributed by atoms with Crippen LogP contribution in [0.25, 0.3) is 0 Å². The maximum atomic E-state index is 10.4. The third-order valence-corrected chi connectivity index (χ3v) is 6.77. The zero-order valence-electron chi connectivity index (χ0n) is 15.0. The highest BCUT2D eigenvalue weighted by molar-refractivity contribution is 5.36. The number of fused-ring (bicyclic) bond motifs is 1. The minimum Gasteiger partial charge on any atom is -0.393 e. The number of allylic oxidation sites excluding steroid dienone is 3. The minimum atomic E-state index is -0.324. The first kappa shape index (κ1) is 17.9. The van der Waals surface area contributed by atoms with Gasteiger partial charge < -0.3 is 15.3 Å². The summed E-state index contributed by atoms with van der Waals surface area (Å²) in [5.74, 6) is 0.708. The van der Waals surface area contributed by atoms with Gasteiger partial charge in [-0.05, 0) is 74.7 Å². The van der Waals surface area contributed by atoms with Crippen molar-refractivity contribution in [3.63, 3.8) is 0 Å². The Kier molecular flexibility index (Phi) is 5.06. The van der Waals surface area contributed by atoms with Gasteiger partial charge in [0.1, 0.15) is 0 Å². The Labute approximate surface area is 145 Å². The zero-order valence-corrected chi connectivity index (χ0v) is 15.0. The molecule has 0 bridgehead atoms. The van der Waals surface area contributed by atoms with Crippen molar-refractivity contribution in [2.24, 2.45) is 17.3 Å². The molecule has 3 aliphatic rings. The van der Waals surface area contributed by atoms with E-state index in [1.54, 1.807) is 0 Å². The van der Waals surface area contributed by atoms with E-state index in [0.29, 0.717) is 12.3 Å². The first-order chi connectivity index (χ1) is 11.3. The second kappa shape index (κ2) is 6.78. The summed E-state index contributed by atoms with van der Waals surface area (Å²) in [5, 5.41) is 30.5. The molecule has 3 N–H and O–H groups in total. The predicted octanol–water partition coefficient (Wildman–Crippen LogP) is 3.51. The third-order valence-electron chi connectivity index (χ3n) is 6.77. The van der Waals surface area contributed by atoms with Crippen molar-refractivity contribution in [3.8, 4) is 0 Å². The lowest BCUT2D eigenvalue weighted by Gasteiger charge is -2.45. The van der Waals surface area contributed by atoms with Gasteiger partial charge in [0, 0.05) is 0 Å². The number of hydrogen-bond acceptors (Lipinski definition) is 3. The number of hydrogen-bond donors (Lipinski definition) is 3. The van der Waals surface area contributed by atoms with E-state index in [1.165, 1.54) is 5.57 Å². The number of aliphatic hydroxyl groups is 3. The first-order valence-electron chi connectivity index (χ1n) is 9.43.